The zero-order chi connectivity index (χ0) is 15.1. The Balaban J connectivity index is 1.82. The van der Waals surface area contributed by atoms with Gasteiger partial charge in [-0.1, -0.05) is 25.5 Å². The highest BCUT2D eigenvalue weighted by molar-refractivity contribution is 5.89. The van der Waals surface area contributed by atoms with E-state index in [-0.39, 0.29) is 18.2 Å². The van der Waals surface area contributed by atoms with Crippen LogP contribution in [-0.4, -0.2) is 38.5 Å². The first-order chi connectivity index (χ1) is 10.2. The lowest BCUT2D eigenvalue weighted by molar-refractivity contribution is 0.0748. The van der Waals surface area contributed by atoms with E-state index in [1.807, 2.05) is 12.1 Å². The normalized spacial score (nSPS) is 21.2. The van der Waals surface area contributed by atoms with Crippen LogP contribution in [-0.2, 0) is 15.9 Å². The molecule has 0 aromatic heterocycles. The molecule has 5 heteroatoms. The van der Waals surface area contributed by atoms with Crippen LogP contribution in [0.15, 0.2) is 24.3 Å². The lowest BCUT2D eigenvalue weighted by Crippen LogP contribution is -2.45. The first-order valence-electron chi connectivity index (χ1n) is 7.50. The van der Waals surface area contributed by atoms with Gasteiger partial charge in [0.15, 0.2) is 0 Å². The summed E-state index contributed by atoms with van der Waals surface area (Å²) >= 11 is 0. The Kier molecular flexibility index (Phi) is 6.02. The van der Waals surface area contributed by atoms with Gasteiger partial charge in [0.25, 0.3) is 0 Å². The summed E-state index contributed by atoms with van der Waals surface area (Å²) in [6, 6.07) is 7.66. The quantitative estimate of drug-likeness (QED) is 0.847. The zero-order valence-corrected chi connectivity index (χ0v) is 12.7. The minimum Gasteiger partial charge on any atom is -0.377 e. The summed E-state index contributed by atoms with van der Waals surface area (Å²) in [5.41, 5.74) is 2.09. The molecule has 0 radical (unpaired) electrons. The van der Waals surface area contributed by atoms with Gasteiger partial charge in [-0.25, -0.2) is 4.79 Å². The van der Waals surface area contributed by atoms with Crippen molar-refractivity contribution in [1.29, 1.82) is 0 Å². The Labute approximate surface area is 126 Å². The molecule has 0 spiro atoms. The second-order valence-corrected chi connectivity index (χ2v) is 5.32. The van der Waals surface area contributed by atoms with E-state index in [9.17, 15) is 4.79 Å². The zero-order valence-electron chi connectivity index (χ0n) is 12.7. The largest absolute Gasteiger partial charge is 0.377 e. The average molecular weight is 292 g/mol. The molecule has 1 aromatic rings. The van der Waals surface area contributed by atoms with Gasteiger partial charge >= 0.3 is 6.03 Å². The van der Waals surface area contributed by atoms with Crippen LogP contribution in [0, 0.1) is 0 Å². The molecular weight excluding hydrogens is 268 g/mol. The van der Waals surface area contributed by atoms with Crippen molar-refractivity contribution in [3.05, 3.63) is 29.8 Å². The molecule has 1 fully saturated rings. The van der Waals surface area contributed by atoms with E-state index >= 15 is 0 Å². The highest BCUT2D eigenvalue weighted by Gasteiger charge is 2.29. The Morgan fingerprint density at radius 2 is 2.10 bits per heavy atom. The van der Waals surface area contributed by atoms with Crippen molar-refractivity contribution in [2.75, 3.05) is 25.6 Å². The minimum absolute atomic E-state index is 0.0767. The van der Waals surface area contributed by atoms with Crippen molar-refractivity contribution in [2.24, 2.45) is 0 Å². The Bertz CT molecular complexity index is 447. The van der Waals surface area contributed by atoms with Crippen LogP contribution in [0.25, 0.3) is 0 Å². The Morgan fingerprint density at radius 3 is 2.76 bits per heavy atom. The predicted octanol–water partition coefficient (Wildman–Crippen LogP) is 2.56. The number of urea groups is 1. The standard InChI is InChI=1S/C16H24N2O3/c1-3-4-5-12-6-8-13(9-7-12)17-16(19)18-14-10-21-11-15(14)20-2/h6-9,14-15H,3-5,10-11H2,1-2H3,(H2,17,18,19)/t14-,15-/m0/s1. The smallest absolute Gasteiger partial charge is 0.319 e. The third-order valence-corrected chi connectivity index (χ3v) is 3.68. The van der Waals surface area contributed by atoms with Crippen LogP contribution in [0.5, 0.6) is 0 Å². The number of hydrogen-bond donors (Lipinski definition) is 2. The fourth-order valence-corrected chi connectivity index (χ4v) is 2.37. The molecule has 0 aliphatic carbocycles. The summed E-state index contributed by atoms with van der Waals surface area (Å²) in [5, 5.41) is 5.71. The van der Waals surface area contributed by atoms with Gasteiger partial charge in [-0.05, 0) is 30.5 Å². The van der Waals surface area contributed by atoms with Crippen molar-refractivity contribution in [3.8, 4) is 0 Å². The molecule has 2 atom stereocenters. The lowest BCUT2D eigenvalue weighted by atomic mass is 10.1. The van der Waals surface area contributed by atoms with Crippen molar-refractivity contribution >= 4 is 11.7 Å². The highest BCUT2D eigenvalue weighted by Crippen LogP contribution is 2.13. The van der Waals surface area contributed by atoms with E-state index in [1.54, 1.807) is 7.11 Å². The number of nitrogens with one attached hydrogen (secondary N) is 2. The van der Waals surface area contributed by atoms with E-state index in [2.05, 4.69) is 29.7 Å². The number of anilines is 1. The number of carbonyl (C=O) groups excluding carboxylic acids is 1. The van der Waals surface area contributed by atoms with E-state index in [4.69, 9.17) is 9.47 Å². The van der Waals surface area contributed by atoms with Gasteiger partial charge in [-0.15, -0.1) is 0 Å². The summed E-state index contributed by atoms with van der Waals surface area (Å²) < 4.78 is 10.6. The molecule has 0 saturated carbocycles. The summed E-state index contributed by atoms with van der Waals surface area (Å²) in [7, 11) is 1.63. The first kappa shape index (κ1) is 15.8. The van der Waals surface area contributed by atoms with Gasteiger partial charge in [0.2, 0.25) is 0 Å². The number of ether oxygens (including phenoxy) is 2. The molecule has 2 amide bonds. The van der Waals surface area contributed by atoms with Crippen LogP contribution in [0.4, 0.5) is 10.5 Å². The molecule has 116 valence electrons. The molecule has 1 aromatic carbocycles. The monoisotopic (exact) mass is 292 g/mol. The number of carbonyl (C=O) groups is 1. The fraction of sp³-hybridized carbons (Fsp3) is 0.562. The first-order valence-corrected chi connectivity index (χ1v) is 7.50. The molecule has 2 N–H and O–H groups in total. The van der Waals surface area contributed by atoms with Gasteiger partial charge < -0.3 is 20.1 Å². The molecule has 0 unspecified atom stereocenters. The third kappa shape index (κ3) is 4.72. The van der Waals surface area contributed by atoms with Crippen molar-refractivity contribution in [2.45, 2.75) is 38.3 Å². The molecule has 5 nitrogen and oxygen atoms in total. The molecule has 1 aliphatic rings. The van der Waals surface area contributed by atoms with Gasteiger partial charge in [-0.3, -0.25) is 0 Å². The fourth-order valence-electron chi connectivity index (χ4n) is 2.37. The van der Waals surface area contributed by atoms with Crippen LogP contribution in [0.2, 0.25) is 0 Å². The number of rotatable bonds is 6. The molecule has 1 heterocycles. The van der Waals surface area contributed by atoms with Crippen molar-refractivity contribution < 1.29 is 14.3 Å². The van der Waals surface area contributed by atoms with Crippen LogP contribution in [0.1, 0.15) is 25.3 Å². The molecule has 21 heavy (non-hydrogen) atoms. The minimum atomic E-state index is -0.228. The Hall–Kier alpha value is -1.59. The van der Waals surface area contributed by atoms with Crippen molar-refractivity contribution in [3.63, 3.8) is 0 Å². The van der Waals surface area contributed by atoms with Gasteiger partial charge in [0.05, 0.1) is 19.3 Å². The molecule has 1 aliphatic heterocycles. The van der Waals surface area contributed by atoms with Crippen molar-refractivity contribution in [1.82, 2.24) is 5.32 Å². The van der Waals surface area contributed by atoms with E-state index in [0.717, 1.165) is 12.1 Å². The molecular formula is C16H24N2O3. The highest BCUT2D eigenvalue weighted by atomic mass is 16.5. The van der Waals surface area contributed by atoms with E-state index < -0.39 is 0 Å². The van der Waals surface area contributed by atoms with Gasteiger partial charge in [0.1, 0.15) is 6.10 Å². The SMILES string of the molecule is CCCCc1ccc(NC(=O)N[C@H]2COC[C@@H]2OC)cc1. The second kappa shape index (κ2) is 8.00. The molecule has 1 saturated heterocycles. The number of benzene rings is 1. The summed E-state index contributed by atoms with van der Waals surface area (Å²) in [5.74, 6) is 0. The van der Waals surface area contributed by atoms with Gasteiger partial charge in [-0.2, -0.15) is 0 Å². The maximum Gasteiger partial charge on any atom is 0.319 e. The van der Waals surface area contributed by atoms with Gasteiger partial charge in [0, 0.05) is 12.8 Å². The third-order valence-electron chi connectivity index (χ3n) is 3.68. The second-order valence-electron chi connectivity index (χ2n) is 5.32. The average Bonchev–Trinajstić information content (AvgIpc) is 2.93. The number of hydrogen-bond acceptors (Lipinski definition) is 3. The number of aryl methyl sites for hydroxylation is 1. The number of methoxy groups -OCH3 is 1. The van der Waals surface area contributed by atoms with E-state index in [0.29, 0.717) is 13.2 Å². The molecule has 2 rings (SSSR count). The lowest BCUT2D eigenvalue weighted by Gasteiger charge is -2.18. The predicted molar refractivity (Wildman–Crippen MR) is 82.6 cm³/mol. The number of amides is 2. The van der Waals surface area contributed by atoms with Crippen LogP contribution >= 0.6 is 0 Å². The summed E-state index contributed by atoms with van der Waals surface area (Å²) in [6.07, 6.45) is 3.38. The Morgan fingerprint density at radius 1 is 1.33 bits per heavy atom. The van der Waals surface area contributed by atoms with E-state index in [1.165, 1.54) is 18.4 Å². The van der Waals surface area contributed by atoms with Crippen LogP contribution < -0.4 is 10.6 Å². The topological polar surface area (TPSA) is 59.6 Å². The summed E-state index contributed by atoms with van der Waals surface area (Å²) in [4.78, 5) is 12.0. The number of unbranched alkanes of at least 4 members (excludes halogenated alkanes) is 1. The van der Waals surface area contributed by atoms with Crippen LogP contribution in [0.3, 0.4) is 0 Å². The maximum absolute atomic E-state index is 12.0. The molecule has 0 bridgehead atoms. The summed E-state index contributed by atoms with van der Waals surface area (Å²) in [6.45, 7) is 3.19. The maximum atomic E-state index is 12.0.